The van der Waals surface area contributed by atoms with E-state index in [4.69, 9.17) is 10.5 Å². The molecule has 0 saturated heterocycles. The standard InChI is InChI=1S/C13H14N4O2/c1-7-13(17-11(5-14)15-7)8-2-3-10-9(4-8)16-12(18)6-19-10/h2-4H,5-6,14H2,1H3,(H,15,17)(H,16,18). The van der Waals surface area contributed by atoms with Crippen LogP contribution >= 0.6 is 0 Å². The van der Waals surface area contributed by atoms with Crippen molar-refractivity contribution in [2.24, 2.45) is 5.73 Å². The second-order valence-corrected chi connectivity index (χ2v) is 4.41. The molecule has 1 aliphatic rings. The largest absolute Gasteiger partial charge is 0.482 e. The van der Waals surface area contributed by atoms with Crippen molar-refractivity contribution in [3.8, 4) is 17.0 Å². The average molecular weight is 258 g/mol. The van der Waals surface area contributed by atoms with Crippen LogP contribution in [0.1, 0.15) is 11.5 Å². The number of aromatic nitrogens is 2. The summed E-state index contributed by atoms with van der Waals surface area (Å²) in [6.07, 6.45) is 0. The molecule has 2 aromatic rings. The van der Waals surface area contributed by atoms with E-state index >= 15 is 0 Å². The Morgan fingerprint density at radius 3 is 3.05 bits per heavy atom. The van der Waals surface area contributed by atoms with Gasteiger partial charge in [-0.15, -0.1) is 0 Å². The van der Waals surface area contributed by atoms with Gasteiger partial charge in [0.1, 0.15) is 11.6 Å². The number of benzene rings is 1. The summed E-state index contributed by atoms with van der Waals surface area (Å²) in [5.74, 6) is 1.27. The minimum Gasteiger partial charge on any atom is -0.482 e. The number of nitrogens with two attached hydrogens (primary N) is 1. The van der Waals surface area contributed by atoms with Gasteiger partial charge in [0, 0.05) is 11.3 Å². The molecule has 2 heterocycles. The fourth-order valence-corrected chi connectivity index (χ4v) is 2.13. The van der Waals surface area contributed by atoms with Crippen LogP contribution in [0.4, 0.5) is 5.69 Å². The maximum absolute atomic E-state index is 11.3. The van der Waals surface area contributed by atoms with Gasteiger partial charge in [0.05, 0.1) is 17.9 Å². The molecular weight excluding hydrogens is 244 g/mol. The zero-order valence-electron chi connectivity index (χ0n) is 10.5. The Bertz CT molecular complexity index is 648. The number of ether oxygens (including phenoxy) is 1. The van der Waals surface area contributed by atoms with Crippen molar-refractivity contribution in [3.63, 3.8) is 0 Å². The molecule has 3 rings (SSSR count). The van der Waals surface area contributed by atoms with Crippen molar-refractivity contribution < 1.29 is 9.53 Å². The number of aryl methyl sites for hydroxylation is 1. The number of anilines is 1. The zero-order valence-corrected chi connectivity index (χ0v) is 10.5. The van der Waals surface area contributed by atoms with Gasteiger partial charge in [0.15, 0.2) is 6.61 Å². The van der Waals surface area contributed by atoms with Crippen LogP contribution in [0.15, 0.2) is 18.2 Å². The van der Waals surface area contributed by atoms with Gasteiger partial charge >= 0.3 is 0 Å². The Kier molecular flexibility index (Phi) is 2.72. The van der Waals surface area contributed by atoms with Gasteiger partial charge in [0.2, 0.25) is 0 Å². The van der Waals surface area contributed by atoms with Crippen molar-refractivity contribution in [1.82, 2.24) is 9.97 Å². The number of imidazole rings is 1. The topological polar surface area (TPSA) is 93.0 Å². The maximum Gasteiger partial charge on any atom is 0.262 e. The Morgan fingerprint density at radius 2 is 2.32 bits per heavy atom. The van der Waals surface area contributed by atoms with Crippen molar-refractivity contribution in [1.29, 1.82) is 0 Å². The van der Waals surface area contributed by atoms with Crippen LogP contribution in [0, 0.1) is 6.92 Å². The van der Waals surface area contributed by atoms with Crippen molar-refractivity contribution in [2.45, 2.75) is 13.5 Å². The van der Waals surface area contributed by atoms with Gasteiger partial charge in [-0.1, -0.05) is 0 Å². The fourth-order valence-electron chi connectivity index (χ4n) is 2.13. The van der Waals surface area contributed by atoms with Crippen LogP contribution in [-0.4, -0.2) is 22.5 Å². The second kappa shape index (κ2) is 4.40. The number of carbonyl (C=O) groups excluding carboxylic acids is 1. The number of carbonyl (C=O) groups is 1. The smallest absolute Gasteiger partial charge is 0.262 e. The molecule has 1 amide bonds. The minimum absolute atomic E-state index is 0.0606. The van der Waals surface area contributed by atoms with E-state index in [-0.39, 0.29) is 12.5 Å². The first kappa shape index (κ1) is 11.7. The predicted octanol–water partition coefficient (Wildman–Crippen LogP) is 1.17. The van der Waals surface area contributed by atoms with Crippen molar-refractivity contribution >= 4 is 11.6 Å². The first-order valence-electron chi connectivity index (χ1n) is 6.00. The van der Waals surface area contributed by atoms with E-state index in [2.05, 4.69) is 15.3 Å². The van der Waals surface area contributed by atoms with Crippen LogP contribution in [0.3, 0.4) is 0 Å². The predicted molar refractivity (Wildman–Crippen MR) is 70.8 cm³/mol. The average Bonchev–Trinajstić information content (AvgIpc) is 2.79. The monoisotopic (exact) mass is 258 g/mol. The minimum atomic E-state index is -0.147. The van der Waals surface area contributed by atoms with Gasteiger partial charge in [-0.3, -0.25) is 4.79 Å². The highest BCUT2D eigenvalue weighted by atomic mass is 16.5. The van der Waals surface area contributed by atoms with Gasteiger partial charge < -0.3 is 20.8 Å². The van der Waals surface area contributed by atoms with Gasteiger partial charge in [-0.25, -0.2) is 4.98 Å². The molecule has 4 N–H and O–H groups in total. The van der Waals surface area contributed by atoms with E-state index in [1.165, 1.54) is 0 Å². The number of fused-ring (bicyclic) bond motifs is 1. The molecule has 19 heavy (non-hydrogen) atoms. The van der Waals surface area contributed by atoms with Crippen LogP contribution < -0.4 is 15.8 Å². The number of rotatable bonds is 2. The third-order valence-electron chi connectivity index (χ3n) is 3.01. The molecule has 0 atom stereocenters. The molecule has 1 aliphatic heterocycles. The SMILES string of the molecule is Cc1[nH]c(CN)nc1-c1ccc2c(c1)NC(=O)CO2. The molecule has 0 aliphatic carbocycles. The maximum atomic E-state index is 11.3. The molecule has 98 valence electrons. The molecule has 0 saturated carbocycles. The molecule has 6 nitrogen and oxygen atoms in total. The van der Waals surface area contributed by atoms with Gasteiger partial charge in [-0.05, 0) is 25.1 Å². The van der Waals surface area contributed by atoms with Crippen molar-refractivity contribution in [3.05, 3.63) is 29.7 Å². The molecule has 6 heteroatoms. The lowest BCUT2D eigenvalue weighted by Crippen LogP contribution is -2.25. The molecule has 0 unspecified atom stereocenters. The number of amides is 1. The highest BCUT2D eigenvalue weighted by Gasteiger charge is 2.17. The third-order valence-corrected chi connectivity index (χ3v) is 3.01. The van der Waals surface area contributed by atoms with Crippen LogP contribution in [0.5, 0.6) is 5.75 Å². The third kappa shape index (κ3) is 2.06. The lowest BCUT2D eigenvalue weighted by molar-refractivity contribution is -0.118. The Labute approximate surface area is 110 Å². The number of hydrogen-bond donors (Lipinski definition) is 3. The highest BCUT2D eigenvalue weighted by Crippen LogP contribution is 2.32. The van der Waals surface area contributed by atoms with Crippen LogP contribution in [0.2, 0.25) is 0 Å². The lowest BCUT2D eigenvalue weighted by atomic mass is 10.1. The number of nitrogens with one attached hydrogen (secondary N) is 2. The van der Waals surface area contributed by atoms with Crippen molar-refractivity contribution in [2.75, 3.05) is 11.9 Å². The van der Waals surface area contributed by atoms with E-state index in [1.807, 2.05) is 25.1 Å². The van der Waals surface area contributed by atoms with E-state index in [9.17, 15) is 4.79 Å². The molecule has 1 aromatic heterocycles. The molecule has 0 spiro atoms. The summed E-state index contributed by atoms with van der Waals surface area (Å²) in [6.45, 7) is 2.37. The van der Waals surface area contributed by atoms with E-state index in [1.54, 1.807) is 0 Å². The van der Waals surface area contributed by atoms with E-state index < -0.39 is 0 Å². The van der Waals surface area contributed by atoms with Gasteiger partial charge in [0.25, 0.3) is 5.91 Å². The first-order valence-corrected chi connectivity index (χ1v) is 6.00. The summed E-state index contributed by atoms with van der Waals surface area (Å²) in [7, 11) is 0. The molecule has 1 aromatic carbocycles. The zero-order chi connectivity index (χ0) is 13.4. The number of aromatic amines is 1. The highest BCUT2D eigenvalue weighted by molar-refractivity contribution is 5.96. The Morgan fingerprint density at radius 1 is 1.47 bits per heavy atom. The van der Waals surface area contributed by atoms with Crippen LogP contribution in [0.25, 0.3) is 11.3 Å². The fraction of sp³-hybridized carbons (Fsp3) is 0.231. The number of hydrogen-bond acceptors (Lipinski definition) is 4. The normalized spacial score (nSPS) is 13.7. The number of H-pyrrole nitrogens is 1. The number of nitrogens with zero attached hydrogens (tertiary/aromatic N) is 1. The summed E-state index contributed by atoms with van der Waals surface area (Å²) in [5.41, 5.74) is 8.94. The molecule has 0 bridgehead atoms. The van der Waals surface area contributed by atoms with Crippen LogP contribution in [-0.2, 0) is 11.3 Å². The first-order chi connectivity index (χ1) is 9.17. The quantitative estimate of drug-likeness (QED) is 0.754. The summed E-state index contributed by atoms with van der Waals surface area (Å²) in [5, 5.41) is 2.78. The van der Waals surface area contributed by atoms with Gasteiger partial charge in [-0.2, -0.15) is 0 Å². The molecule has 0 fully saturated rings. The summed E-state index contributed by atoms with van der Waals surface area (Å²) < 4.78 is 5.32. The Hall–Kier alpha value is -2.34. The second-order valence-electron chi connectivity index (χ2n) is 4.41. The summed E-state index contributed by atoms with van der Waals surface area (Å²) in [4.78, 5) is 18.9. The van der Waals surface area contributed by atoms with E-state index in [0.717, 1.165) is 22.8 Å². The Balaban J connectivity index is 2.03. The molecular formula is C13H14N4O2. The summed E-state index contributed by atoms with van der Waals surface area (Å²) in [6, 6.07) is 5.61. The molecule has 0 radical (unpaired) electrons. The summed E-state index contributed by atoms with van der Waals surface area (Å²) >= 11 is 0. The lowest BCUT2D eigenvalue weighted by Gasteiger charge is -2.18. The van der Waals surface area contributed by atoms with E-state index in [0.29, 0.717) is 18.0 Å².